The van der Waals surface area contributed by atoms with Crippen LogP contribution in [0.5, 0.6) is 0 Å². The first kappa shape index (κ1) is 14.5. The summed E-state index contributed by atoms with van der Waals surface area (Å²) in [6.45, 7) is 2.70. The Balaban J connectivity index is 4.20. The molecule has 0 rings (SSSR count). The molecule has 0 saturated heterocycles. The highest BCUT2D eigenvalue weighted by Gasteiger charge is 2.16. The molecule has 0 aliphatic rings. The molecule has 0 aromatic heterocycles. The third kappa shape index (κ3) is 6.84. The van der Waals surface area contributed by atoms with Gasteiger partial charge in [0.2, 0.25) is 0 Å². The van der Waals surface area contributed by atoms with E-state index in [2.05, 4.69) is 9.89 Å². The van der Waals surface area contributed by atoms with E-state index in [-0.39, 0.29) is 5.84 Å². The molecule has 5 N–H and O–H groups in total. The Hall–Kier alpha value is -1.55. The average Bonchev–Trinajstić information content (AvgIpc) is 2.11. The van der Waals surface area contributed by atoms with Crippen LogP contribution < -0.4 is 15.2 Å². The number of nitrogens with one attached hydrogen (secondary N) is 2. The van der Waals surface area contributed by atoms with Gasteiger partial charge in [0.15, 0.2) is 5.84 Å². The molecule has 0 aliphatic carbocycles. The normalized spacial score (nSPS) is 12.6. The first-order chi connectivity index (χ1) is 7.26. The number of ether oxygens (including phenoxy) is 1. The summed E-state index contributed by atoms with van der Waals surface area (Å²) < 4.78 is 30.2. The monoisotopic (exact) mass is 254 g/mol. The van der Waals surface area contributed by atoms with Crippen molar-refractivity contribution in [1.29, 1.82) is 0 Å². The maximum atomic E-state index is 11.1. The van der Waals surface area contributed by atoms with Crippen LogP contribution in [0.2, 0.25) is 0 Å². The molecule has 0 heterocycles. The fraction of sp³-hybridized carbons (Fsp3) is 0.667. The average molecular weight is 254 g/mol. The molecule has 0 aliphatic heterocycles. The quantitative estimate of drug-likeness (QED) is 0.208. The van der Waals surface area contributed by atoms with E-state index in [9.17, 15) is 13.2 Å². The lowest BCUT2D eigenvalue weighted by Crippen LogP contribution is -2.44. The third-order valence-corrected chi connectivity index (χ3v) is 2.09. The van der Waals surface area contributed by atoms with Crippen LogP contribution in [0.3, 0.4) is 0 Å². The number of carbonyl (C=O) groups excluding carboxylic acids is 1. The zero-order chi connectivity index (χ0) is 12.8. The standard InChI is InChI=1S/C6H14N4O5S/c1-4(2)15-6(11)10-16(13,14)8-3-5(7)9-12/h4,8,12H,3H2,1-2H3,(H2,7,9)(H,10,11). The maximum absolute atomic E-state index is 11.1. The fourth-order valence-corrected chi connectivity index (χ4v) is 1.27. The summed E-state index contributed by atoms with van der Waals surface area (Å²) in [6.07, 6.45) is -1.55. The van der Waals surface area contributed by atoms with Crippen LogP contribution in [-0.4, -0.2) is 38.2 Å². The molecule has 0 unspecified atom stereocenters. The molecule has 94 valence electrons. The van der Waals surface area contributed by atoms with Crippen molar-refractivity contribution >= 4 is 22.1 Å². The SMILES string of the molecule is CC(C)OC(=O)NS(=O)(=O)NCC(N)=NO. The van der Waals surface area contributed by atoms with Crippen molar-refractivity contribution in [1.82, 2.24) is 9.44 Å². The molecular formula is C6H14N4O5S. The van der Waals surface area contributed by atoms with Crippen molar-refractivity contribution < 1.29 is 23.2 Å². The van der Waals surface area contributed by atoms with Gasteiger partial charge in [0.25, 0.3) is 0 Å². The predicted molar refractivity (Wildman–Crippen MR) is 55.1 cm³/mol. The van der Waals surface area contributed by atoms with E-state index in [4.69, 9.17) is 10.9 Å². The van der Waals surface area contributed by atoms with Gasteiger partial charge in [0.1, 0.15) is 0 Å². The van der Waals surface area contributed by atoms with Gasteiger partial charge in [-0.2, -0.15) is 13.1 Å². The van der Waals surface area contributed by atoms with Gasteiger partial charge in [-0.05, 0) is 13.8 Å². The summed E-state index contributed by atoms with van der Waals surface area (Å²) in [4.78, 5) is 10.9. The van der Waals surface area contributed by atoms with Crippen LogP contribution in [-0.2, 0) is 14.9 Å². The Morgan fingerprint density at radius 2 is 2.12 bits per heavy atom. The van der Waals surface area contributed by atoms with Crippen molar-refractivity contribution in [3.63, 3.8) is 0 Å². The largest absolute Gasteiger partial charge is 0.446 e. The van der Waals surface area contributed by atoms with Crippen LogP contribution in [0.4, 0.5) is 4.79 Å². The molecule has 0 bridgehead atoms. The highest BCUT2D eigenvalue weighted by Crippen LogP contribution is 1.89. The maximum Gasteiger partial charge on any atom is 0.422 e. The van der Waals surface area contributed by atoms with Gasteiger partial charge in [-0.25, -0.2) is 9.52 Å². The van der Waals surface area contributed by atoms with E-state index in [0.29, 0.717) is 0 Å². The topological polar surface area (TPSA) is 143 Å². The summed E-state index contributed by atoms with van der Waals surface area (Å²) in [5, 5.41) is 10.7. The Labute approximate surface area is 92.8 Å². The van der Waals surface area contributed by atoms with Gasteiger partial charge in [-0.3, -0.25) is 0 Å². The van der Waals surface area contributed by atoms with E-state index in [1.165, 1.54) is 0 Å². The lowest BCUT2D eigenvalue weighted by Gasteiger charge is -2.10. The number of amidine groups is 1. The highest BCUT2D eigenvalue weighted by atomic mass is 32.2. The zero-order valence-electron chi connectivity index (χ0n) is 8.80. The zero-order valence-corrected chi connectivity index (χ0v) is 9.61. The molecule has 16 heavy (non-hydrogen) atoms. The minimum Gasteiger partial charge on any atom is -0.446 e. The van der Waals surface area contributed by atoms with E-state index in [1.54, 1.807) is 18.6 Å². The Bertz CT molecular complexity index is 363. The van der Waals surface area contributed by atoms with Gasteiger partial charge in [0, 0.05) is 0 Å². The second-order valence-electron chi connectivity index (χ2n) is 2.97. The summed E-state index contributed by atoms with van der Waals surface area (Å²) in [5.41, 5.74) is 5.02. The van der Waals surface area contributed by atoms with Gasteiger partial charge in [-0.1, -0.05) is 5.16 Å². The summed E-state index contributed by atoms with van der Waals surface area (Å²) in [5.74, 6) is -0.345. The number of oxime groups is 1. The number of hydrogen-bond donors (Lipinski definition) is 4. The molecule has 0 radical (unpaired) electrons. The first-order valence-corrected chi connectivity index (χ1v) is 5.69. The lowest BCUT2D eigenvalue weighted by molar-refractivity contribution is 0.121. The van der Waals surface area contributed by atoms with Crippen LogP contribution in [0.25, 0.3) is 0 Å². The molecule has 1 amide bonds. The van der Waals surface area contributed by atoms with Gasteiger partial charge >= 0.3 is 16.3 Å². The second kappa shape index (κ2) is 6.12. The lowest BCUT2D eigenvalue weighted by atomic mass is 10.5. The van der Waals surface area contributed by atoms with Crippen LogP contribution >= 0.6 is 0 Å². The number of amides is 1. The van der Waals surface area contributed by atoms with Gasteiger partial charge in [-0.15, -0.1) is 0 Å². The molecule has 0 spiro atoms. The van der Waals surface area contributed by atoms with Crippen LogP contribution in [0, 0.1) is 0 Å². The van der Waals surface area contributed by atoms with Gasteiger partial charge in [0.05, 0.1) is 12.6 Å². The molecule has 0 atom stereocenters. The number of rotatable bonds is 5. The second-order valence-corrected chi connectivity index (χ2v) is 4.47. The smallest absolute Gasteiger partial charge is 0.422 e. The Kier molecular flexibility index (Phi) is 5.53. The molecule has 0 aromatic carbocycles. The number of nitrogens with zero attached hydrogens (tertiary/aromatic N) is 1. The summed E-state index contributed by atoms with van der Waals surface area (Å²) in [7, 11) is -4.08. The molecule has 9 nitrogen and oxygen atoms in total. The molecule has 0 saturated carbocycles. The Morgan fingerprint density at radius 1 is 1.56 bits per heavy atom. The van der Waals surface area contributed by atoms with Crippen LogP contribution in [0.1, 0.15) is 13.8 Å². The molecular weight excluding hydrogens is 240 g/mol. The third-order valence-electron chi connectivity index (χ3n) is 1.13. The number of nitrogens with two attached hydrogens (primary N) is 1. The van der Waals surface area contributed by atoms with Crippen molar-refractivity contribution in [3.8, 4) is 0 Å². The van der Waals surface area contributed by atoms with Gasteiger partial charge < -0.3 is 15.7 Å². The van der Waals surface area contributed by atoms with Crippen molar-refractivity contribution in [2.75, 3.05) is 6.54 Å². The molecule has 0 fully saturated rings. The molecule has 10 heteroatoms. The van der Waals surface area contributed by atoms with E-state index in [0.717, 1.165) is 0 Å². The number of hydrogen-bond acceptors (Lipinski definition) is 6. The van der Waals surface area contributed by atoms with Crippen molar-refractivity contribution in [2.45, 2.75) is 20.0 Å². The van der Waals surface area contributed by atoms with Crippen molar-refractivity contribution in [2.24, 2.45) is 10.9 Å². The minimum absolute atomic E-state index is 0.345. The first-order valence-electron chi connectivity index (χ1n) is 4.21. The number of carbonyl (C=O) groups is 1. The van der Waals surface area contributed by atoms with E-state index in [1.807, 2.05) is 4.72 Å². The van der Waals surface area contributed by atoms with E-state index < -0.39 is 29.0 Å². The fourth-order valence-electron chi connectivity index (χ4n) is 0.588. The summed E-state index contributed by atoms with van der Waals surface area (Å²) in [6, 6.07) is 0. The Morgan fingerprint density at radius 3 is 2.56 bits per heavy atom. The minimum atomic E-state index is -4.08. The van der Waals surface area contributed by atoms with Crippen LogP contribution in [0.15, 0.2) is 5.16 Å². The van der Waals surface area contributed by atoms with E-state index >= 15 is 0 Å². The molecule has 0 aromatic rings. The van der Waals surface area contributed by atoms with Crippen molar-refractivity contribution in [3.05, 3.63) is 0 Å². The predicted octanol–water partition coefficient (Wildman–Crippen LogP) is -1.30. The summed E-state index contributed by atoms with van der Waals surface area (Å²) >= 11 is 0. The highest BCUT2D eigenvalue weighted by molar-refractivity contribution is 7.88.